The fourth-order valence-corrected chi connectivity index (χ4v) is 1.77. The third kappa shape index (κ3) is 4.63. The lowest BCUT2D eigenvalue weighted by Crippen LogP contribution is -2.28. The summed E-state index contributed by atoms with van der Waals surface area (Å²) in [7, 11) is 0. The minimum atomic E-state index is -0.823. The predicted octanol–water partition coefficient (Wildman–Crippen LogP) is 1.32. The van der Waals surface area contributed by atoms with E-state index in [9.17, 15) is 4.79 Å². The highest BCUT2D eigenvalue weighted by Crippen LogP contribution is 2.23. The summed E-state index contributed by atoms with van der Waals surface area (Å²) < 4.78 is 0. The Kier molecular flexibility index (Phi) is 6.00. The number of carbonyl (C=O) groups is 1. The number of nitrogens with zero attached hydrogens (tertiary/aromatic N) is 1. The van der Waals surface area contributed by atoms with Crippen LogP contribution in [0.25, 0.3) is 0 Å². The van der Waals surface area contributed by atoms with Gasteiger partial charge in [-0.2, -0.15) is 0 Å². The van der Waals surface area contributed by atoms with Gasteiger partial charge in [0.1, 0.15) is 0 Å². The van der Waals surface area contributed by atoms with Crippen molar-refractivity contribution in [1.29, 1.82) is 0 Å². The standard InChI is InChI=1S/C13H20N2O3/c14-11-5-1-2-6-12(11)15(8-3-4-10-16)9-7-13(17)18/h1-2,5-6,16H,3-4,7-10,14H2,(H,17,18). The number of rotatable bonds is 8. The molecule has 0 atom stereocenters. The molecule has 5 nitrogen and oxygen atoms in total. The van der Waals surface area contributed by atoms with E-state index in [1.807, 2.05) is 23.1 Å². The van der Waals surface area contributed by atoms with Crippen LogP contribution in [0.3, 0.4) is 0 Å². The fourth-order valence-electron chi connectivity index (χ4n) is 1.77. The molecule has 0 aliphatic heterocycles. The first-order chi connectivity index (χ1) is 8.65. The van der Waals surface area contributed by atoms with Crippen molar-refractivity contribution >= 4 is 17.3 Å². The highest BCUT2D eigenvalue weighted by Gasteiger charge is 2.10. The van der Waals surface area contributed by atoms with Crippen LogP contribution in [-0.4, -0.2) is 35.9 Å². The molecule has 0 spiro atoms. The van der Waals surface area contributed by atoms with Gasteiger partial charge in [-0.3, -0.25) is 4.79 Å². The Balaban J connectivity index is 2.69. The van der Waals surface area contributed by atoms with Gasteiger partial charge < -0.3 is 20.8 Å². The smallest absolute Gasteiger partial charge is 0.305 e. The van der Waals surface area contributed by atoms with Gasteiger partial charge in [0.15, 0.2) is 0 Å². The minimum absolute atomic E-state index is 0.0768. The van der Waals surface area contributed by atoms with Gasteiger partial charge >= 0.3 is 5.97 Å². The van der Waals surface area contributed by atoms with E-state index in [1.54, 1.807) is 6.07 Å². The molecule has 0 saturated heterocycles. The molecule has 0 aliphatic carbocycles. The summed E-state index contributed by atoms with van der Waals surface area (Å²) in [5, 5.41) is 17.5. The number of carboxylic acids is 1. The van der Waals surface area contributed by atoms with Gasteiger partial charge in [0.05, 0.1) is 17.8 Å². The maximum absolute atomic E-state index is 10.7. The van der Waals surface area contributed by atoms with E-state index < -0.39 is 5.97 Å². The first-order valence-electron chi connectivity index (χ1n) is 6.07. The van der Waals surface area contributed by atoms with Gasteiger partial charge in [-0.05, 0) is 25.0 Å². The largest absolute Gasteiger partial charge is 0.481 e. The quantitative estimate of drug-likeness (QED) is 0.480. The van der Waals surface area contributed by atoms with Crippen LogP contribution in [0, 0.1) is 0 Å². The molecule has 0 aliphatic rings. The van der Waals surface area contributed by atoms with Crippen molar-refractivity contribution in [1.82, 2.24) is 0 Å². The average Bonchev–Trinajstić information content (AvgIpc) is 2.34. The van der Waals surface area contributed by atoms with Crippen molar-refractivity contribution in [3.8, 4) is 0 Å². The van der Waals surface area contributed by atoms with Crippen LogP contribution in [0.5, 0.6) is 0 Å². The van der Waals surface area contributed by atoms with E-state index >= 15 is 0 Å². The number of hydrogen-bond donors (Lipinski definition) is 3. The number of carboxylic acid groups (broad SMARTS) is 1. The van der Waals surface area contributed by atoms with E-state index in [0.29, 0.717) is 25.2 Å². The molecule has 4 N–H and O–H groups in total. The molecule has 18 heavy (non-hydrogen) atoms. The van der Waals surface area contributed by atoms with Crippen LogP contribution < -0.4 is 10.6 Å². The van der Waals surface area contributed by atoms with E-state index in [2.05, 4.69) is 0 Å². The molecule has 0 bridgehead atoms. The molecule has 1 aromatic rings. The summed E-state index contributed by atoms with van der Waals surface area (Å²) in [6.45, 7) is 1.27. The van der Waals surface area contributed by atoms with Gasteiger partial charge in [-0.15, -0.1) is 0 Å². The molecule has 1 aromatic carbocycles. The first kappa shape index (κ1) is 14.3. The number of anilines is 2. The highest BCUT2D eigenvalue weighted by atomic mass is 16.4. The van der Waals surface area contributed by atoms with Crippen molar-refractivity contribution in [2.45, 2.75) is 19.3 Å². The number of unbranched alkanes of at least 4 members (excludes halogenated alkanes) is 1. The molecule has 0 heterocycles. The van der Waals surface area contributed by atoms with E-state index in [4.69, 9.17) is 15.9 Å². The molecule has 0 saturated carbocycles. The monoisotopic (exact) mass is 252 g/mol. The SMILES string of the molecule is Nc1ccccc1N(CCCCO)CCC(=O)O. The topological polar surface area (TPSA) is 86.8 Å². The predicted molar refractivity (Wildman–Crippen MR) is 71.6 cm³/mol. The van der Waals surface area contributed by atoms with Crippen LogP contribution in [0.1, 0.15) is 19.3 Å². The lowest BCUT2D eigenvalue weighted by atomic mass is 10.2. The van der Waals surface area contributed by atoms with Crippen molar-refractivity contribution < 1.29 is 15.0 Å². The van der Waals surface area contributed by atoms with E-state index in [1.165, 1.54) is 0 Å². The van der Waals surface area contributed by atoms with Crippen LogP contribution in [0.15, 0.2) is 24.3 Å². The molecule has 0 radical (unpaired) electrons. The third-order valence-corrected chi connectivity index (χ3v) is 2.71. The van der Waals surface area contributed by atoms with Crippen molar-refractivity contribution in [2.24, 2.45) is 0 Å². The fraction of sp³-hybridized carbons (Fsp3) is 0.462. The molecule has 0 unspecified atom stereocenters. The van der Waals surface area contributed by atoms with Crippen molar-refractivity contribution in [3.05, 3.63) is 24.3 Å². The summed E-state index contributed by atoms with van der Waals surface area (Å²) in [5.41, 5.74) is 7.40. The normalized spacial score (nSPS) is 10.3. The third-order valence-electron chi connectivity index (χ3n) is 2.71. The summed E-state index contributed by atoms with van der Waals surface area (Å²) in [6.07, 6.45) is 1.59. The zero-order chi connectivity index (χ0) is 13.4. The Labute approximate surface area is 107 Å². The van der Waals surface area contributed by atoms with Crippen molar-refractivity contribution in [3.63, 3.8) is 0 Å². The Hall–Kier alpha value is -1.75. The van der Waals surface area contributed by atoms with Gasteiger partial charge in [0.25, 0.3) is 0 Å². The lowest BCUT2D eigenvalue weighted by molar-refractivity contribution is -0.136. The average molecular weight is 252 g/mol. The summed E-state index contributed by atoms with van der Waals surface area (Å²) >= 11 is 0. The molecular formula is C13H20N2O3. The number of aliphatic carboxylic acids is 1. The Morgan fingerprint density at radius 3 is 2.56 bits per heavy atom. The van der Waals surface area contributed by atoms with Crippen LogP contribution >= 0.6 is 0 Å². The van der Waals surface area contributed by atoms with E-state index in [-0.39, 0.29) is 13.0 Å². The summed E-state index contributed by atoms with van der Waals surface area (Å²) in [4.78, 5) is 12.6. The maximum Gasteiger partial charge on any atom is 0.305 e. The van der Waals surface area contributed by atoms with Crippen LogP contribution in [0.4, 0.5) is 11.4 Å². The Bertz CT molecular complexity index is 382. The number of aliphatic hydroxyl groups is 1. The maximum atomic E-state index is 10.7. The minimum Gasteiger partial charge on any atom is -0.481 e. The second-order valence-electron chi connectivity index (χ2n) is 4.12. The Morgan fingerprint density at radius 1 is 1.22 bits per heavy atom. The first-order valence-corrected chi connectivity index (χ1v) is 6.07. The highest BCUT2D eigenvalue weighted by molar-refractivity contribution is 5.70. The molecule has 0 fully saturated rings. The molecule has 1 rings (SSSR count). The van der Waals surface area contributed by atoms with Gasteiger partial charge in [0.2, 0.25) is 0 Å². The van der Waals surface area contributed by atoms with Crippen LogP contribution in [0.2, 0.25) is 0 Å². The molecule has 5 heteroatoms. The number of nitrogens with two attached hydrogens (primary N) is 1. The lowest BCUT2D eigenvalue weighted by Gasteiger charge is -2.25. The number of nitrogen functional groups attached to an aromatic ring is 1. The second kappa shape index (κ2) is 7.55. The van der Waals surface area contributed by atoms with Gasteiger partial charge in [-0.1, -0.05) is 12.1 Å². The number of hydrogen-bond acceptors (Lipinski definition) is 4. The molecule has 100 valence electrons. The molecule has 0 aromatic heterocycles. The van der Waals surface area contributed by atoms with Crippen LogP contribution in [-0.2, 0) is 4.79 Å². The van der Waals surface area contributed by atoms with Crippen molar-refractivity contribution in [2.75, 3.05) is 30.3 Å². The summed E-state index contributed by atoms with van der Waals surface area (Å²) in [6, 6.07) is 7.42. The molecular weight excluding hydrogens is 232 g/mol. The second-order valence-corrected chi connectivity index (χ2v) is 4.12. The number of para-hydroxylation sites is 2. The van der Waals surface area contributed by atoms with E-state index in [0.717, 1.165) is 12.1 Å². The van der Waals surface area contributed by atoms with Gasteiger partial charge in [0, 0.05) is 19.7 Å². The zero-order valence-electron chi connectivity index (χ0n) is 10.4. The Morgan fingerprint density at radius 2 is 1.94 bits per heavy atom. The zero-order valence-corrected chi connectivity index (χ0v) is 10.4. The summed E-state index contributed by atoms with van der Waals surface area (Å²) in [5.74, 6) is -0.823. The number of benzene rings is 1. The van der Waals surface area contributed by atoms with Gasteiger partial charge in [-0.25, -0.2) is 0 Å². The number of aliphatic hydroxyl groups excluding tert-OH is 1. The molecule has 0 amide bonds.